The van der Waals surface area contributed by atoms with Crippen molar-refractivity contribution >= 4 is 34.1 Å². The first-order valence-corrected chi connectivity index (χ1v) is 7.21. The number of likely N-dealkylation sites (N-methyl/N-ethyl adjacent to an activating group) is 1. The molecule has 1 aromatic carbocycles. The summed E-state index contributed by atoms with van der Waals surface area (Å²) < 4.78 is 1.71. The fourth-order valence-electron chi connectivity index (χ4n) is 2.64. The molecule has 1 aliphatic rings. The summed E-state index contributed by atoms with van der Waals surface area (Å²) in [6.07, 6.45) is 0. The molecule has 3 aromatic rings. The molecule has 3 heterocycles. The van der Waals surface area contributed by atoms with Crippen LogP contribution >= 0.6 is 11.6 Å². The van der Waals surface area contributed by atoms with E-state index < -0.39 is 0 Å². The van der Waals surface area contributed by atoms with Gasteiger partial charge in [0.2, 0.25) is 5.65 Å². The van der Waals surface area contributed by atoms with E-state index in [0.29, 0.717) is 10.7 Å². The van der Waals surface area contributed by atoms with E-state index in [0.717, 1.165) is 43.0 Å². The van der Waals surface area contributed by atoms with E-state index in [9.17, 15) is 0 Å². The molecule has 2 aromatic heterocycles. The molecule has 0 radical (unpaired) electrons. The molecule has 0 N–H and O–H groups in total. The van der Waals surface area contributed by atoms with Gasteiger partial charge >= 0.3 is 0 Å². The fourth-order valence-corrected chi connectivity index (χ4v) is 2.81. The predicted octanol–water partition coefficient (Wildman–Crippen LogP) is 1.08. The zero-order valence-electron chi connectivity index (χ0n) is 11.6. The first-order chi connectivity index (χ1) is 10.2. The topological polar surface area (TPSA) is 62.5 Å². The highest BCUT2D eigenvalue weighted by Crippen LogP contribution is 2.25. The fraction of sp³-hybridized carbons (Fsp3) is 0.385. The van der Waals surface area contributed by atoms with Gasteiger partial charge < -0.3 is 9.80 Å². The van der Waals surface area contributed by atoms with Crippen LogP contribution in [0.2, 0.25) is 5.02 Å². The van der Waals surface area contributed by atoms with Crippen molar-refractivity contribution in [2.45, 2.75) is 0 Å². The Labute approximate surface area is 126 Å². The van der Waals surface area contributed by atoms with Gasteiger partial charge in [-0.2, -0.15) is 4.52 Å². The Bertz CT molecular complexity index is 807. The lowest BCUT2D eigenvalue weighted by atomic mass is 10.3. The molecule has 0 amide bonds. The van der Waals surface area contributed by atoms with E-state index in [4.69, 9.17) is 16.6 Å². The highest BCUT2D eigenvalue weighted by atomic mass is 35.5. The Morgan fingerprint density at radius 3 is 2.76 bits per heavy atom. The van der Waals surface area contributed by atoms with Crippen molar-refractivity contribution in [3.8, 4) is 0 Å². The average Bonchev–Trinajstić information content (AvgIpc) is 2.97. The number of anilines is 1. The molecule has 0 saturated carbocycles. The molecule has 7 nitrogen and oxygen atoms in total. The van der Waals surface area contributed by atoms with Crippen molar-refractivity contribution in [3.63, 3.8) is 0 Å². The Balaban J connectivity index is 1.91. The molecular weight excluding hydrogens is 290 g/mol. The summed E-state index contributed by atoms with van der Waals surface area (Å²) in [6.45, 7) is 3.86. The third-order valence-corrected chi connectivity index (χ3v) is 4.10. The Hall–Kier alpha value is -1.99. The second-order valence-corrected chi connectivity index (χ2v) is 5.71. The first kappa shape index (κ1) is 12.7. The number of rotatable bonds is 1. The maximum atomic E-state index is 6.06. The molecule has 1 saturated heterocycles. The molecule has 0 atom stereocenters. The van der Waals surface area contributed by atoms with Crippen molar-refractivity contribution in [3.05, 3.63) is 23.2 Å². The van der Waals surface area contributed by atoms with Gasteiger partial charge in [-0.1, -0.05) is 11.6 Å². The number of halogens is 1. The van der Waals surface area contributed by atoms with Crippen LogP contribution in [0.4, 0.5) is 5.82 Å². The third-order valence-electron chi connectivity index (χ3n) is 3.86. The van der Waals surface area contributed by atoms with E-state index >= 15 is 0 Å². The molecule has 1 fully saturated rings. The van der Waals surface area contributed by atoms with Gasteiger partial charge in [-0.05, 0) is 35.7 Å². The van der Waals surface area contributed by atoms with Crippen LogP contribution < -0.4 is 4.90 Å². The molecular formula is C13H14ClN7. The van der Waals surface area contributed by atoms with Crippen LogP contribution in [-0.2, 0) is 0 Å². The predicted molar refractivity (Wildman–Crippen MR) is 80.8 cm³/mol. The molecule has 8 heteroatoms. The Kier molecular flexibility index (Phi) is 2.90. The minimum atomic E-state index is 0.647. The van der Waals surface area contributed by atoms with Crippen molar-refractivity contribution < 1.29 is 0 Å². The standard InChI is InChI=1S/C13H14ClN7/c1-19-4-6-20(7-5-19)12-13-16-17-18-21(13)11-8-9(14)2-3-10(11)15-12/h2-3,8H,4-7H2,1H3. The number of aromatic nitrogens is 5. The normalized spacial score (nSPS) is 17.0. The van der Waals surface area contributed by atoms with Gasteiger partial charge in [-0.25, -0.2) is 4.98 Å². The van der Waals surface area contributed by atoms with Crippen LogP contribution in [0.25, 0.3) is 16.7 Å². The van der Waals surface area contributed by atoms with Crippen molar-refractivity contribution in [1.29, 1.82) is 0 Å². The summed E-state index contributed by atoms with van der Waals surface area (Å²) in [7, 11) is 2.13. The van der Waals surface area contributed by atoms with Crippen LogP contribution in [0.3, 0.4) is 0 Å². The number of hydrogen-bond acceptors (Lipinski definition) is 6. The molecule has 4 rings (SSSR count). The summed E-state index contributed by atoms with van der Waals surface area (Å²) in [5, 5.41) is 12.7. The van der Waals surface area contributed by atoms with Crippen LogP contribution in [0.15, 0.2) is 18.2 Å². The van der Waals surface area contributed by atoms with E-state index in [2.05, 4.69) is 32.4 Å². The second-order valence-electron chi connectivity index (χ2n) is 5.27. The van der Waals surface area contributed by atoms with Gasteiger partial charge in [0.25, 0.3) is 0 Å². The third kappa shape index (κ3) is 2.09. The highest BCUT2D eigenvalue weighted by Gasteiger charge is 2.21. The SMILES string of the molecule is CN1CCN(c2nc3ccc(Cl)cc3n3nnnc23)CC1. The maximum absolute atomic E-state index is 6.06. The number of hydrogen-bond donors (Lipinski definition) is 0. The largest absolute Gasteiger partial charge is 0.351 e. The quantitative estimate of drug-likeness (QED) is 0.670. The van der Waals surface area contributed by atoms with Crippen molar-refractivity contribution in [2.24, 2.45) is 0 Å². The molecule has 0 unspecified atom stereocenters. The van der Waals surface area contributed by atoms with Gasteiger partial charge in [-0.15, -0.1) is 5.10 Å². The zero-order valence-corrected chi connectivity index (χ0v) is 12.3. The minimum absolute atomic E-state index is 0.647. The number of tetrazole rings is 1. The molecule has 1 aliphatic heterocycles. The van der Waals surface area contributed by atoms with Gasteiger partial charge in [0.15, 0.2) is 5.82 Å². The summed E-state index contributed by atoms with van der Waals surface area (Å²) >= 11 is 6.06. The smallest absolute Gasteiger partial charge is 0.222 e. The lowest BCUT2D eigenvalue weighted by molar-refractivity contribution is 0.312. The minimum Gasteiger partial charge on any atom is -0.351 e. The van der Waals surface area contributed by atoms with Crippen LogP contribution in [0.1, 0.15) is 0 Å². The number of piperazine rings is 1. The van der Waals surface area contributed by atoms with Crippen molar-refractivity contribution in [1.82, 2.24) is 29.9 Å². The number of nitrogens with zero attached hydrogens (tertiary/aromatic N) is 7. The molecule has 0 aliphatic carbocycles. The first-order valence-electron chi connectivity index (χ1n) is 6.83. The summed E-state index contributed by atoms with van der Waals surface area (Å²) in [5.41, 5.74) is 2.34. The van der Waals surface area contributed by atoms with Gasteiger partial charge in [-0.3, -0.25) is 0 Å². The van der Waals surface area contributed by atoms with Gasteiger partial charge in [0.1, 0.15) is 0 Å². The van der Waals surface area contributed by atoms with Crippen LogP contribution in [0, 0.1) is 0 Å². The summed E-state index contributed by atoms with van der Waals surface area (Å²) in [6, 6.07) is 5.57. The van der Waals surface area contributed by atoms with Gasteiger partial charge in [0, 0.05) is 31.2 Å². The van der Waals surface area contributed by atoms with E-state index in [1.165, 1.54) is 0 Å². The highest BCUT2D eigenvalue weighted by molar-refractivity contribution is 6.31. The van der Waals surface area contributed by atoms with Crippen molar-refractivity contribution in [2.75, 3.05) is 38.1 Å². The molecule has 21 heavy (non-hydrogen) atoms. The summed E-state index contributed by atoms with van der Waals surface area (Å²) in [5.74, 6) is 0.836. The lowest BCUT2D eigenvalue weighted by Gasteiger charge is -2.33. The number of benzene rings is 1. The average molecular weight is 304 g/mol. The van der Waals surface area contributed by atoms with Crippen LogP contribution in [0.5, 0.6) is 0 Å². The lowest BCUT2D eigenvalue weighted by Crippen LogP contribution is -2.45. The molecule has 0 spiro atoms. The maximum Gasteiger partial charge on any atom is 0.222 e. The second kappa shape index (κ2) is 4.78. The van der Waals surface area contributed by atoms with E-state index in [1.807, 2.05) is 18.2 Å². The summed E-state index contributed by atoms with van der Waals surface area (Å²) in [4.78, 5) is 9.29. The van der Waals surface area contributed by atoms with E-state index in [-0.39, 0.29) is 0 Å². The van der Waals surface area contributed by atoms with Crippen LogP contribution in [-0.4, -0.2) is 63.2 Å². The molecule has 0 bridgehead atoms. The number of fused-ring (bicyclic) bond motifs is 3. The monoisotopic (exact) mass is 303 g/mol. The zero-order chi connectivity index (χ0) is 14.4. The molecule has 108 valence electrons. The van der Waals surface area contributed by atoms with E-state index in [1.54, 1.807) is 4.52 Å². The Morgan fingerprint density at radius 2 is 1.95 bits per heavy atom. The Morgan fingerprint density at radius 1 is 1.14 bits per heavy atom. The van der Waals surface area contributed by atoms with Gasteiger partial charge in [0.05, 0.1) is 11.0 Å².